The number of pyridine rings is 1. The highest BCUT2D eigenvalue weighted by Crippen LogP contribution is 2.04. The topological polar surface area (TPSA) is 110 Å². The van der Waals surface area contributed by atoms with E-state index in [2.05, 4.69) is 20.4 Å². The maximum absolute atomic E-state index is 11.9. The molecule has 2 aromatic heterocycles. The maximum Gasteiger partial charge on any atom is 0.303 e. The van der Waals surface area contributed by atoms with Gasteiger partial charge >= 0.3 is 5.97 Å². The van der Waals surface area contributed by atoms with Crippen LogP contribution in [0.3, 0.4) is 0 Å². The van der Waals surface area contributed by atoms with Crippen LogP contribution in [0.1, 0.15) is 36.0 Å². The molecule has 0 saturated heterocycles. The molecule has 0 spiro atoms. The van der Waals surface area contributed by atoms with Gasteiger partial charge in [-0.15, -0.1) is 0 Å². The normalized spacial score (nSPS) is 10.4. The molecule has 0 saturated carbocycles. The van der Waals surface area contributed by atoms with Gasteiger partial charge in [0, 0.05) is 19.2 Å². The molecule has 0 aliphatic heterocycles. The summed E-state index contributed by atoms with van der Waals surface area (Å²) in [6.45, 7) is 0.517. The standard InChI is InChI=1S/C14H17N5O3/c20-13(21)4-2-1-3-7-16-14(22)11-5-6-12(17-8-11)19-10-15-9-18-19/h5-6,8-10H,1-4,7H2,(H,16,22)(H,20,21). The van der Waals surface area contributed by atoms with Crippen LogP contribution in [0.5, 0.6) is 0 Å². The Labute approximate surface area is 127 Å². The number of nitrogens with one attached hydrogen (secondary N) is 1. The first-order valence-electron chi connectivity index (χ1n) is 6.98. The van der Waals surface area contributed by atoms with Crippen molar-refractivity contribution in [2.45, 2.75) is 25.7 Å². The molecular weight excluding hydrogens is 286 g/mol. The molecule has 0 aliphatic rings. The number of hydrogen-bond acceptors (Lipinski definition) is 5. The fraction of sp³-hybridized carbons (Fsp3) is 0.357. The van der Waals surface area contributed by atoms with Crippen molar-refractivity contribution in [2.75, 3.05) is 6.54 Å². The van der Waals surface area contributed by atoms with Crippen molar-refractivity contribution in [3.63, 3.8) is 0 Å². The number of amides is 1. The third-order valence-corrected chi connectivity index (χ3v) is 3.02. The zero-order valence-corrected chi connectivity index (χ0v) is 12.0. The lowest BCUT2D eigenvalue weighted by Crippen LogP contribution is -2.24. The van der Waals surface area contributed by atoms with Gasteiger partial charge in [0.2, 0.25) is 0 Å². The number of aromatic nitrogens is 4. The lowest BCUT2D eigenvalue weighted by Gasteiger charge is -2.05. The van der Waals surface area contributed by atoms with Crippen molar-refractivity contribution < 1.29 is 14.7 Å². The van der Waals surface area contributed by atoms with Gasteiger partial charge in [-0.25, -0.2) is 14.6 Å². The monoisotopic (exact) mass is 303 g/mol. The van der Waals surface area contributed by atoms with E-state index in [0.29, 0.717) is 24.3 Å². The van der Waals surface area contributed by atoms with Crippen molar-refractivity contribution in [3.05, 3.63) is 36.5 Å². The summed E-state index contributed by atoms with van der Waals surface area (Å²) >= 11 is 0. The average molecular weight is 303 g/mol. The van der Waals surface area contributed by atoms with Gasteiger partial charge in [0.15, 0.2) is 5.82 Å². The summed E-state index contributed by atoms with van der Waals surface area (Å²) in [5, 5.41) is 15.2. The van der Waals surface area contributed by atoms with E-state index in [-0.39, 0.29) is 12.3 Å². The Morgan fingerprint density at radius 1 is 1.23 bits per heavy atom. The fourth-order valence-corrected chi connectivity index (χ4v) is 1.86. The minimum atomic E-state index is -0.789. The number of carboxylic acids is 1. The van der Waals surface area contributed by atoms with Crippen LogP contribution >= 0.6 is 0 Å². The predicted molar refractivity (Wildman–Crippen MR) is 77.6 cm³/mol. The molecule has 0 fully saturated rings. The van der Waals surface area contributed by atoms with Crippen LogP contribution in [0.15, 0.2) is 31.0 Å². The number of nitrogens with zero attached hydrogens (tertiary/aromatic N) is 4. The second-order valence-corrected chi connectivity index (χ2v) is 4.71. The van der Waals surface area contributed by atoms with Gasteiger partial charge in [-0.2, -0.15) is 5.10 Å². The van der Waals surface area contributed by atoms with E-state index in [1.54, 1.807) is 12.1 Å². The number of carbonyl (C=O) groups excluding carboxylic acids is 1. The third-order valence-electron chi connectivity index (χ3n) is 3.02. The molecule has 0 aromatic carbocycles. The average Bonchev–Trinajstić information content (AvgIpc) is 3.05. The van der Waals surface area contributed by atoms with Crippen LogP contribution in [-0.4, -0.2) is 43.3 Å². The molecular formula is C14H17N5O3. The van der Waals surface area contributed by atoms with Gasteiger partial charge in [-0.1, -0.05) is 6.42 Å². The Bertz CT molecular complexity index is 610. The van der Waals surface area contributed by atoms with Crippen LogP contribution in [0.25, 0.3) is 5.82 Å². The molecule has 0 aliphatic carbocycles. The van der Waals surface area contributed by atoms with Crippen molar-refractivity contribution in [3.8, 4) is 5.82 Å². The number of carbonyl (C=O) groups is 2. The summed E-state index contributed by atoms with van der Waals surface area (Å²) in [6, 6.07) is 3.36. The SMILES string of the molecule is O=C(O)CCCCCNC(=O)c1ccc(-n2cncn2)nc1. The fourth-order valence-electron chi connectivity index (χ4n) is 1.86. The Morgan fingerprint density at radius 2 is 2.09 bits per heavy atom. The smallest absolute Gasteiger partial charge is 0.303 e. The van der Waals surface area contributed by atoms with E-state index in [1.165, 1.54) is 23.5 Å². The molecule has 0 atom stereocenters. The van der Waals surface area contributed by atoms with E-state index in [4.69, 9.17) is 5.11 Å². The summed E-state index contributed by atoms with van der Waals surface area (Å²) in [6.07, 6.45) is 6.74. The van der Waals surface area contributed by atoms with Crippen molar-refractivity contribution in [2.24, 2.45) is 0 Å². The Hall–Kier alpha value is -2.77. The van der Waals surface area contributed by atoms with Crippen LogP contribution in [0.4, 0.5) is 0 Å². The van der Waals surface area contributed by atoms with Crippen molar-refractivity contribution in [1.29, 1.82) is 0 Å². The van der Waals surface area contributed by atoms with Gasteiger partial charge in [-0.05, 0) is 25.0 Å². The minimum Gasteiger partial charge on any atom is -0.481 e. The van der Waals surface area contributed by atoms with E-state index >= 15 is 0 Å². The molecule has 0 unspecified atom stereocenters. The van der Waals surface area contributed by atoms with E-state index in [9.17, 15) is 9.59 Å². The molecule has 116 valence electrons. The second-order valence-electron chi connectivity index (χ2n) is 4.71. The zero-order valence-electron chi connectivity index (χ0n) is 12.0. The molecule has 0 radical (unpaired) electrons. The number of rotatable bonds is 8. The predicted octanol–water partition coefficient (Wildman–Crippen LogP) is 1.04. The largest absolute Gasteiger partial charge is 0.481 e. The Morgan fingerprint density at radius 3 is 2.73 bits per heavy atom. The van der Waals surface area contributed by atoms with Gasteiger partial charge < -0.3 is 10.4 Å². The molecule has 8 heteroatoms. The molecule has 2 aromatic rings. The minimum absolute atomic E-state index is 0.168. The van der Waals surface area contributed by atoms with Crippen LogP contribution in [-0.2, 0) is 4.79 Å². The second kappa shape index (κ2) is 7.87. The molecule has 2 rings (SSSR count). The molecule has 22 heavy (non-hydrogen) atoms. The maximum atomic E-state index is 11.9. The highest BCUT2D eigenvalue weighted by molar-refractivity contribution is 5.93. The van der Waals surface area contributed by atoms with Gasteiger partial charge in [-0.3, -0.25) is 9.59 Å². The molecule has 0 bridgehead atoms. The van der Waals surface area contributed by atoms with E-state index < -0.39 is 5.97 Å². The summed E-state index contributed by atoms with van der Waals surface area (Å²) < 4.78 is 1.50. The van der Waals surface area contributed by atoms with E-state index in [0.717, 1.165) is 12.8 Å². The van der Waals surface area contributed by atoms with Crippen LogP contribution in [0.2, 0.25) is 0 Å². The quantitative estimate of drug-likeness (QED) is 0.705. The molecule has 8 nitrogen and oxygen atoms in total. The summed E-state index contributed by atoms with van der Waals surface area (Å²) in [7, 11) is 0. The van der Waals surface area contributed by atoms with Crippen molar-refractivity contribution in [1.82, 2.24) is 25.1 Å². The first-order valence-corrected chi connectivity index (χ1v) is 6.98. The van der Waals surface area contributed by atoms with Crippen LogP contribution in [0, 0.1) is 0 Å². The zero-order chi connectivity index (χ0) is 15.8. The lowest BCUT2D eigenvalue weighted by molar-refractivity contribution is -0.137. The molecule has 1 amide bonds. The van der Waals surface area contributed by atoms with Crippen LogP contribution < -0.4 is 5.32 Å². The van der Waals surface area contributed by atoms with Crippen molar-refractivity contribution >= 4 is 11.9 Å². The number of unbranched alkanes of at least 4 members (excludes halogenated alkanes) is 2. The third kappa shape index (κ3) is 4.65. The molecule has 2 heterocycles. The first-order chi connectivity index (χ1) is 10.7. The number of hydrogen-bond donors (Lipinski definition) is 2. The summed E-state index contributed by atoms with van der Waals surface area (Å²) in [5.41, 5.74) is 0.467. The first kappa shape index (κ1) is 15.6. The number of carboxylic acid groups (broad SMARTS) is 1. The van der Waals surface area contributed by atoms with Gasteiger partial charge in [0.05, 0.1) is 5.56 Å². The van der Waals surface area contributed by atoms with Gasteiger partial charge in [0.1, 0.15) is 12.7 Å². The lowest BCUT2D eigenvalue weighted by atomic mass is 10.2. The number of aliphatic carboxylic acids is 1. The Kier molecular flexibility index (Phi) is 5.58. The highest BCUT2D eigenvalue weighted by Gasteiger charge is 2.06. The molecule has 2 N–H and O–H groups in total. The Balaban J connectivity index is 1.74. The summed E-state index contributed by atoms with van der Waals surface area (Å²) in [4.78, 5) is 30.2. The summed E-state index contributed by atoms with van der Waals surface area (Å²) in [5.74, 6) is -0.402. The van der Waals surface area contributed by atoms with Gasteiger partial charge in [0.25, 0.3) is 5.91 Å². The van der Waals surface area contributed by atoms with E-state index in [1.807, 2.05) is 0 Å². The highest BCUT2D eigenvalue weighted by atomic mass is 16.4.